The smallest absolute Gasteiger partial charge is 0.308 e. The quantitative estimate of drug-likeness (QED) is 0.0426. The molecule has 0 bridgehead atoms. The highest BCUT2D eigenvalue weighted by Gasteiger charge is 2.26. The summed E-state index contributed by atoms with van der Waals surface area (Å²) < 4.78 is 47.1. The molecule has 3 atom stereocenters. The van der Waals surface area contributed by atoms with Crippen molar-refractivity contribution in [2.45, 2.75) is 298 Å². The maximum absolute atomic E-state index is 14.4. The molecule has 0 N–H and O–H groups in total. The minimum absolute atomic E-state index is 0.00252. The number of carbonyl (C=O) groups excluding carboxylic acids is 3. The van der Waals surface area contributed by atoms with Crippen LogP contribution in [0.15, 0.2) is 0 Å². The van der Waals surface area contributed by atoms with Crippen molar-refractivity contribution in [3.63, 3.8) is 0 Å². The summed E-state index contributed by atoms with van der Waals surface area (Å²) >= 11 is 0. The number of esters is 2. The average Bonchev–Trinajstić information content (AvgIpc) is 3.44. The Morgan fingerprint density at radius 2 is 0.628 bits per heavy atom. The molecule has 0 radical (unpaired) electrons. The summed E-state index contributed by atoms with van der Waals surface area (Å²) in [6.07, 6.45) is 42.4. The zero-order chi connectivity index (χ0) is 56.9. The number of hydrogen-bond acceptors (Lipinski definition) is 11. The van der Waals surface area contributed by atoms with E-state index < -0.39 is 6.10 Å². The molecule has 0 aromatic heterocycles. The lowest BCUT2D eigenvalue weighted by molar-refractivity contribution is -0.150. The monoisotopic (exact) mass is 1110 g/mol. The summed E-state index contributed by atoms with van der Waals surface area (Å²) in [5, 5.41) is 0. The lowest BCUT2D eigenvalue weighted by Crippen LogP contribution is -2.45. The van der Waals surface area contributed by atoms with E-state index in [-0.39, 0.29) is 36.3 Å². The standard InChI is InChI=1S/C66H129NO11/c1-7-13-18-23-26-35-44-61(42-33-21-16-10-4)65(69)77-51-40-30-29-38-49-75-60-63(76-50-39-31-32-41-52-78-66(70)62(43-34-22-17-11-5)45-36-27-24-19-14-8-2)64(68)67(46-37-28-25-20-15-9-3)47-53-72-55-57-74-59-58-73-56-54-71-48-12-6/h61-63H,7-60H2,1-6H3. The summed E-state index contributed by atoms with van der Waals surface area (Å²) in [6.45, 7) is 20.8. The summed E-state index contributed by atoms with van der Waals surface area (Å²) in [6, 6.07) is 0. The molecule has 0 aliphatic carbocycles. The summed E-state index contributed by atoms with van der Waals surface area (Å²) in [4.78, 5) is 42.7. The number of nitrogens with zero attached hydrogens (tertiary/aromatic N) is 1. The van der Waals surface area contributed by atoms with Gasteiger partial charge in [0, 0.05) is 32.9 Å². The van der Waals surface area contributed by atoms with Crippen molar-refractivity contribution in [2.75, 3.05) is 99.0 Å². The van der Waals surface area contributed by atoms with Crippen LogP contribution in [0.25, 0.3) is 0 Å². The highest BCUT2D eigenvalue weighted by molar-refractivity contribution is 5.81. The molecule has 0 rings (SSSR count). The van der Waals surface area contributed by atoms with Crippen LogP contribution in [-0.4, -0.2) is 128 Å². The Hall–Kier alpha value is -1.83. The fourth-order valence-electron chi connectivity index (χ4n) is 9.84. The molecule has 0 heterocycles. The number of unbranched alkanes of at least 4 members (excludes halogenated alkanes) is 27. The molecule has 0 spiro atoms. The fourth-order valence-corrected chi connectivity index (χ4v) is 9.84. The van der Waals surface area contributed by atoms with E-state index in [1.165, 1.54) is 128 Å². The minimum atomic E-state index is -0.701. The van der Waals surface area contributed by atoms with Gasteiger partial charge in [0.25, 0.3) is 5.91 Å². The van der Waals surface area contributed by atoms with Crippen molar-refractivity contribution in [1.82, 2.24) is 4.90 Å². The molecular formula is C66H129NO11. The number of amides is 1. The van der Waals surface area contributed by atoms with Crippen LogP contribution in [0, 0.1) is 11.8 Å². The van der Waals surface area contributed by atoms with E-state index in [0.29, 0.717) is 85.8 Å². The third-order valence-electron chi connectivity index (χ3n) is 14.9. The van der Waals surface area contributed by atoms with Crippen molar-refractivity contribution in [2.24, 2.45) is 11.8 Å². The van der Waals surface area contributed by atoms with Crippen LogP contribution in [0.2, 0.25) is 0 Å². The zero-order valence-corrected chi connectivity index (χ0v) is 52.4. The van der Waals surface area contributed by atoms with Gasteiger partial charge in [-0.1, -0.05) is 215 Å². The van der Waals surface area contributed by atoms with Crippen molar-refractivity contribution < 1.29 is 52.3 Å². The first-order valence-corrected chi connectivity index (χ1v) is 33.5. The van der Waals surface area contributed by atoms with Gasteiger partial charge in [-0.05, 0) is 77.0 Å². The third kappa shape index (κ3) is 51.1. The molecule has 0 aliphatic heterocycles. The van der Waals surface area contributed by atoms with Gasteiger partial charge >= 0.3 is 11.9 Å². The summed E-state index contributed by atoms with van der Waals surface area (Å²) in [7, 11) is 0. The third-order valence-corrected chi connectivity index (χ3v) is 14.9. The van der Waals surface area contributed by atoms with Crippen molar-refractivity contribution in [1.29, 1.82) is 0 Å². The zero-order valence-electron chi connectivity index (χ0n) is 52.4. The molecule has 0 saturated heterocycles. The molecule has 464 valence electrons. The van der Waals surface area contributed by atoms with Crippen molar-refractivity contribution >= 4 is 17.8 Å². The van der Waals surface area contributed by atoms with Gasteiger partial charge in [-0.15, -0.1) is 0 Å². The van der Waals surface area contributed by atoms with Crippen molar-refractivity contribution in [3.8, 4) is 0 Å². The Morgan fingerprint density at radius 1 is 0.295 bits per heavy atom. The molecular weight excluding hydrogens is 983 g/mol. The van der Waals surface area contributed by atoms with Gasteiger partial charge in [0.2, 0.25) is 0 Å². The second kappa shape index (κ2) is 62.8. The van der Waals surface area contributed by atoms with E-state index in [2.05, 4.69) is 41.5 Å². The largest absolute Gasteiger partial charge is 0.465 e. The first kappa shape index (κ1) is 76.2. The van der Waals surface area contributed by atoms with Gasteiger partial charge in [0.1, 0.15) is 0 Å². The maximum atomic E-state index is 14.4. The minimum Gasteiger partial charge on any atom is -0.465 e. The van der Waals surface area contributed by atoms with Crippen LogP contribution in [0.4, 0.5) is 0 Å². The SMILES string of the molecule is CCCCCCCCC(CCCCCC)C(=O)OCCCCCCOCC(OCCCCCCOC(=O)C(CCCCCC)CCCCCCCC)C(=O)N(CCCCCCCC)CCOCCOCCOCCOCCC. The van der Waals surface area contributed by atoms with E-state index in [4.69, 9.17) is 37.9 Å². The van der Waals surface area contributed by atoms with E-state index in [9.17, 15) is 14.4 Å². The molecule has 0 aromatic carbocycles. The second-order valence-electron chi connectivity index (χ2n) is 22.3. The molecule has 78 heavy (non-hydrogen) atoms. The number of rotatable bonds is 65. The van der Waals surface area contributed by atoms with Gasteiger partial charge in [-0.3, -0.25) is 14.4 Å². The van der Waals surface area contributed by atoms with Crippen LogP contribution in [0.5, 0.6) is 0 Å². The van der Waals surface area contributed by atoms with E-state index in [1.54, 1.807) is 0 Å². The predicted molar refractivity (Wildman–Crippen MR) is 323 cm³/mol. The molecule has 12 nitrogen and oxygen atoms in total. The average molecular weight is 1110 g/mol. The molecule has 0 aromatic rings. The van der Waals surface area contributed by atoms with Gasteiger partial charge in [-0.2, -0.15) is 0 Å². The van der Waals surface area contributed by atoms with Gasteiger partial charge in [0.15, 0.2) is 6.10 Å². The molecule has 0 saturated carbocycles. The van der Waals surface area contributed by atoms with Crippen LogP contribution in [-0.2, 0) is 52.3 Å². The lowest BCUT2D eigenvalue weighted by Gasteiger charge is -2.28. The maximum Gasteiger partial charge on any atom is 0.308 e. The number of carbonyl (C=O) groups is 3. The number of hydrogen-bond donors (Lipinski definition) is 0. The first-order valence-electron chi connectivity index (χ1n) is 33.5. The van der Waals surface area contributed by atoms with Crippen LogP contribution in [0.1, 0.15) is 292 Å². The molecule has 0 aliphatic rings. The van der Waals surface area contributed by atoms with E-state index in [0.717, 1.165) is 129 Å². The van der Waals surface area contributed by atoms with Crippen LogP contribution < -0.4 is 0 Å². The first-order chi connectivity index (χ1) is 38.4. The lowest BCUT2D eigenvalue weighted by atomic mass is 9.94. The highest BCUT2D eigenvalue weighted by Crippen LogP contribution is 2.23. The fraction of sp³-hybridized carbons (Fsp3) is 0.955. The van der Waals surface area contributed by atoms with Gasteiger partial charge in [0.05, 0.1) is 77.9 Å². The molecule has 12 heteroatoms. The van der Waals surface area contributed by atoms with E-state index in [1.807, 2.05) is 4.90 Å². The predicted octanol–water partition coefficient (Wildman–Crippen LogP) is 16.9. The molecule has 3 unspecified atom stereocenters. The Labute approximate surface area is 482 Å². The van der Waals surface area contributed by atoms with Gasteiger partial charge < -0.3 is 42.8 Å². The number of ether oxygens (including phenoxy) is 8. The topological polar surface area (TPSA) is 128 Å². The Balaban J connectivity index is 5.34. The van der Waals surface area contributed by atoms with Crippen molar-refractivity contribution in [3.05, 3.63) is 0 Å². The Kier molecular flexibility index (Phi) is 61.3. The molecule has 0 fully saturated rings. The van der Waals surface area contributed by atoms with Crippen LogP contribution in [0.3, 0.4) is 0 Å². The van der Waals surface area contributed by atoms with E-state index >= 15 is 0 Å². The molecule has 1 amide bonds. The van der Waals surface area contributed by atoms with Gasteiger partial charge in [-0.25, -0.2) is 0 Å². The Morgan fingerprint density at radius 3 is 1.05 bits per heavy atom. The summed E-state index contributed by atoms with van der Waals surface area (Å²) in [5.41, 5.74) is 0. The normalized spacial score (nSPS) is 12.7. The van der Waals surface area contributed by atoms with Crippen LogP contribution >= 0.6 is 0 Å². The summed E-state index contributed by atoms with van der Waals surface area (Å²) in [5.74, 6) is 0.0134. The highest BCUT2D eigenvalue weighted by atomic mass is 16.6. The Bertz CT molecular complexity index is 1240. The second-order valence-corrected chi connectivity index (χ2v) is 22.3.